The zero-order valence-electron chi connectivity index (χ0n) is 10.5. The number of hydrogen-bond acceptors (Lipinski definition) is 4. The smallest absolute Gasteiger partial charge is 0.130 e. The van der Waals surface area contributed by atoms with E-state index in [1.54, 1.807) is 11.9 Å². The second-order valence-corrected chi connectivity index (χ2v) is 5.79. The van der Waals surface area contributed by atoms with Gasteiger partial charge in [0.15, 0.2) is 0 Å². The van der Waals surface area contributed by atoms with Crippen LogP contribution >= 0.6 is 31.9 Å². The Morgan fingerprint density at radius 2 is 1.85 bits per heavy atom. The number of nitrogens with two attached hydrogens (primary N) is 1. The van der Waals surface area contributed by atoms with Crippen LogP contribution in [0.25, 0.3) is 16.7 Å². The molecule has 0 saturated heterocycles. The molecule has 0 aliphatic rings. The molecule has 1 aromatic heterocycles. The summed E-state index contributed by atoms with van der Waals surface area (Å²) < 4.78 is 6.66. The van der Waals surface area contributed by atoms with Crippen LogP contribution < -0.4 is 10.5 Å². The monoisotopic (exact) mass is 396 g/mol. The first-order valence-corrected chi connectivity index (χ1v) is 7.33. The van der Waals surface area contributed by atoms with Crippen molar-refractivity contribution in [2.75, 3.05) is 12.8 Å². The van der Waals surface area contributed by atoms with E-state index in [1.807, 2.05) is 30.3 Å². The molecule has 0 spiro atoms. The van der Waals surface area contributed by atoms with Crippen LogP contribution in [0.1, 0.15) is 0 Å². The van der Waals surface area contributed by atoms with E-state index in [0.29, 0.717) is 5.69 Å². The summed E-state index contributed by atoms with van der Waals surface area (Å²) in [6.07, 6.45) is 0. The molecule has 5 nitrogen and oxygen atoms in total. The highest BCUT2D eigenvalue weighted by Gasteiger charge is 2.13. The van der Waals surface area contributed by atoms with Crippen LogP contribution in [0, 0.1) is 0 Å². The lowest BCUT2D eigenvalue weighted by molar-refractivity contribution is 0.414. The highest BCUT2D eigenvalue weighted by atomic mass is 79.9. The molecule has 102 valence electrons. The summed E-state index contributed by atoms with van der Waals surface area (Å²) >= 11 is 6.85. The van der Waals surface area contributed by atoms with Crippen LogP contribution in [0.5, 0.6) is 5.75 Å². The van der Waals surface area contributed by atoms with Gasteiger partial charge in [-0.25, -0.2) is 0 Å². The molecule has 2 N–H and O–H groups in total. The van der Waals surface area contributed by atoms with Crippen LogP contribution in [0.3, 0.4) is 0 Å². The molecule has 0 fully saturated rings. The van der Waals surface area contributed by atoms with Gasteiger partial charge in [-0.15, -0.1) is 10.2 Å². The number of benzene rings is 2. The van der Waals surface area contributed by atoms with Gasteiger partial charge < -0.3 is 10.5 Å². The van der Waals surface area contributed by atoms with E-state index in [2.05, 4.69) is 42.1 Å². The zero-order valence-corrected chi connectivity index (χ0v) is 13.6. The predicted octanol–water partition coefficient (Wildman–Crippen LogP) is 3.54. The Bertz CT molecular complexity index is 783. The molecular weight excluding hydrogens is 388 g/mol. The maximum Gasteiger partial charge on any atom is 0.130 e. The Morgan fingerprint density at radius 1 is 1.15 bits per heavy atom. The van der Waals surface area contributed by atoms with Crippen molar-refractivity contribution in [3.63, 3.8) is 0 Å². The van der Waals surface area contributed by atoms with Gasteiger partial charge in [0.25, 0.3) is 0 Å². The number of anilines is 1. The first-order chi connectivity index (χ1) is 9.60. The Morgan fingerprint density at radius 3 is 2.50 bits per heavy atom. The summed E-state index contributed by atoms with van der Waals surface area (Å²) in [4.78, 5) is 1.57. The Labute approximate surface area is 132 Å². The van der Waals surface area contributed by atoms with E-state index in [4.69, 9.17) is 10.5 Å². The van der Waals surface area contributed by atoms with E-state index < -0.39 is 0 Å². The fraction of sp³-hybridized carbons (Fsp3) is 0.0769. The number of fused-ring (bicyclic) bond motifs is 1. The topological polar surface area (TPSA) is 66.0 Å². The number of nitrogen functional groups attached to an aromatic ring is 1. The van der Waals surface area contributed by atoms with Crippen molar-refractivity contribution in [1.29, 1.82) is 0 Å². The lowest BCUT2D eigenvalue weighted by atomic mass is 10.3. The van der Waals surface area contributed by atoms with E-state index in [9.17, 15) is 0 Å². The van der Waals surface area contributed by atoms with Crippen molar-refractivity contribution >= 4 is 48.6 Å². The molecule has 0 radical (unpaired) electrons. The fourth-order valence-corrected chi connectivity index (χ4v) is 3.01. The molecule has 3 aromatic rings. The van der Waals surface area contributed by atoms with Crippen LogP contribution in [0.4, 0.5) is 5.69 Å². The van der Waals surface area contributed by atoms with Crippen LogP contribution in [0.15, 0.2) is 39.3 Å². The van der Waals surface area contributed by atoms with Gasteiger partial charge in [-0.2, -0.15) is 4.80 Å². The molecule has 0 aliphatic heterocycles. The molecule has 0 aliphatic carbocycles. The maximum absolute atomic E-state index is 5.95. The number of aromatic nitrogens is 3. The quantitative estimate of drug-likeness (QED) is 0.671. The predicted molar refractivity (Wildman–Crippen MR) is 85.2 cm³/mol. The number of methoxy groups -OCH3 is 1. The van der Waals surface area contributed by atoms with E-state index in [0.717, 1.165) is 31.4 Å². The van der Waals surface area contributed by atoms with Crippen molar-refractivity contribution in [2.24, 2.45) is 0 Å². The summed E-state index contributed by atoms with van der Waals surface area (Å²) in [7, 11) is 1.63. The Hall–Kier alpha value is -1.60. The number of nitrogens with zero attached hydrogens (tertiary/aromatic N) is 3. The van der Waals surface area contributed by atoms with Gasteiger partial charge in [-0.1, -0.05) is 0 Å². The number of hydrogen-bond donors (Lipinski definition) is 1. The summed E-state index contributed by atoms with van der Waals surface area (Å²) in [5, 5.41) is 8.91. The lowest BCUT2D eigenvalue weighted by Gasteiger charge is -2.01. The molecule has 3 rings (SSSR count). The normalized spacial score (nSPS) is 10.9. The van der Waals surface area contributed by atoms with Crippen molar-refractivity contribution in [3.05, 3.63) is 39.3 Å². The third-order valence-corrected chi connectivity index (χ3v) is 4.37. The van der Waals surface area contributed by atoms with Crippen LogP contribution in [0.2, 0.25) is 0 Å². The second kappa shape index (κ2) is 5.06. The summed E-state index contributed by atoms with van der Waals surface area (Å²) in [5.41, 5.74) is 8.89. The number of rotatable bonds is 2. The lowest BCUT2D eigenvalue weighted by Crippen LogP contribution is -1.98. The minimum absolute atomic E-state index is 0.610. The zero-order chi connectivity index (χ0) is 14.3. The van der Waals surface area contributed by atoms with Gasteiger partial charge >= 0.3 is 0 Å². The summed E-state index contributed by atoms with van der Waals surface area (Å²) in [6, 6.07) is 9.36. The first kappa shape index (κ1) is 13.4. The van der Waals surface area contributed by atoms with Crippen LogP contribution in [-0.4, -0.2) is 22.1 Å². The standard InChI is InChI=1S/C13H10Br2N4O/c1-20-8-4-2-7(3-5-8)19-17-10-6-9(14)12(16)11(15)13(10)18-19/h2-6H,16H2,1H3. The third-order valence-electron chi connectivity index (χ3n) is 2.91. The van der Waals surface area contributed by atoms with E-state index in [-0.39, 0.29) is 0 Å². The molecule has 0 unspecified atom stereocenters. The van der Waals surface area contributed by atoms with Gasteiger partial charge in [0.05, 0.1) is 23.0 Å². The van der Waals surface area contributed by atoms with Gasteiger partial charge in [0, 0.05) is 4.47 Å². The average Bonchev–Trinajstić information content (AvgIpc) is 2.89. The molecule has 20 heavy (non-hydrogen) atoms. The number of halogens is 2. The van der Waals surface area contributed by atoms with Crippen molar-refractivity contribution < 1.29 is 4.74 Å². The average molecular weight is 398 g/mol. The molecule has 0 saturated carbocycles. The van der Waals surface area contributed by atoms with Gasteiger partial charge in [-0.05, 0) is 62.2 Å². The fourth-order valence-electron chi connectivity index (χ4n) is 1.83. The van der Waals surface area contributed by atoms with Crippen molar-refractivity contribution in [3.8, 4) is 11.4 Å². The summed E-state index contributed by atoms with van der Waals surface area (Å²) in [6.45, 7) is 0. The van der Waals surface area contributed by atoms with Crippen LogP contribution in [-0.2, 0) is 0 Å². The van der Waals surface area contributed by atoms with Gasteiger partial charge in [-0.3, -0.25) is 0 Å². The molecular formula is C13H10Br2N4O. The second-order valence-electron chi connectivity index (χ2n) is 4.14. The van der Waals surface area contributed by atoms with E-state index >= 15 is 0 Å². The minimum Gasteiger partial charge on any atom is -0.497 e. The highest BCUT2D eigenvalue weighted by Crippen LogP contribution is 2.34. The molecule has 1 heterocycles. The molecule has 7 heteroatoms. The SMILES string of the molecule is COc1ccc(-n2nc3cc(Br)c(N)c(Br)c3n2)cc1. The molecule has 2 aromatic carbocycles. The van der Waals surface area contributed by atoms with Gasteiger partial charge in [0.1, 0.15) is 16.8 Å². The van der Waals surface area contributed by atoms with Crippen molar-refractivity contribution in [2.45, 2.75) is 0 Å². The maximum atomic E-state index is 5.95. The summed E-state index contributed by atoms with van der Waals surface area (Å²) in [5.74, 6) is 0.790. The Kier molecular flexibility index (Phi) is 3.39. The first-order valence-electron chi connectivity index (χ1n) is 5.75. The van der Waals surface area contributed by atoms with E-state index in [1.165, 1.54) is 0 Å². The van der Waals surface area contributed by atoms with Crippen molar-refractivity contribution in [1.82, 2.24) is 15.0 Å². The molecule has 0 amide bonds. The number of ether oxygens (including phenoxy) is 1. The Balaban J connectivity index is 2.15. The van der Waals surface area contributed by atoms with Gasteiger partial charge in [0.2, 0.25) is 0 Å². The minimum atomic E-state index is 0.610. The largest absolute Gasteiger partial charge is 0.497 e. The third kappa shape index (κ3) is 2.16. The molecule has 0 atom stereocenters. The highest BCUT2D eigenvalue weighted by molar-refractivity contribution is 9.11. The molecule has 0 bridgehead atoms.